The summed E-state index contributed by atoms with van der Waals surface area (Å²) < 4.78 is 0.872. The molecule has 2 nitrogen and oxygen atoms in total. The Morgan fingerprint density at radius 2 is 2.18 bits per heavy atom. The minimum Gasteiger partial charge on any atom is -0.351 e. The van der Waals surface area contributed by atoms with Crippen molar-refractivity contribution < 1.29 is 4.79 Å². The van der Waals surface area contributed by atoms with Crippen molar-refractivity contribution >= 4 is 21.8 Å². The molecule has 0 atom stereocenters. The average molecular weight is 296 g/mol. The highest BCUT2D eigenvalue weighted by molar-refractivity contribution is 9.10. The Hall–Kier alpha value is -0.830. The third-order valence-electron chi connectivity index (χ3n) is 3.70. The Balaban J connectivity index is 2.00. The van der Waals surface area contributed by atoms with Gasteiger partial charge in [-0.1, -0.05) is 13.0 Å². The number of halogens is 1. The number of carbonyl (C=O) groups excluding carboxylic acids is 1. The topological polar surface area (TPSA) is 29.1 Å². The molecule has 92 valence electrons. The summed E-state index contributed by atoms with van der Waals surface area (Å²) >= 11 is 3.44. The van der Waals surface area contributed by atoms with E-state index in [1.807, 2.05) is 25.1 Å². The Bertz CT molecular complexity index is 438. The molecule has 0 bridgehead atoms. The lowest BCUT2D eigenvalue weighted by Gasteiger charge is -2.14. The molecule has 17 heavy (non-hydrogen) atoms. The molecule has 0 aromatic heterocycles. The molecule has 1 saturated carbocycles. The largest absolute Gasteiger partial charge is 0.351 e. The molecule has 1 aromatic rings. The lowest BCUT2D eigenvalue weighted by Crippen LogP contribution is -2.30. The van der Waals surface area contributed by atoms with E-state index in [0.29, 0.717) is 5.41 Å². The number of aryl methyl sites for hydroxylation is 1. The monoisotopic (exact) mass is 295 g/mol. The van der Waals surface area contributed by atoms with Gasteiger partial charge in [-0.15, -0.1) is 0 Å². The highest BCUT2D eigenvalue weighted by Crippen LogP contribution is 2.47. The van der Waals surface area contributed by atoms with Crippen LogP contribution in [0, 0.1) is 12.3 Å². The average Bonchev–Trinajstić information content (AvgIpc) is 3.07. The first kappa shape index (κ1) is 12.6. The molecule has 0 saturated heterocycles. The van der Waals surface area contributed by atoms with Gasteiger partial charge in [-0.25, -0.2) is 0 Å². The molecule has 1 amide bonds. The highest BCUT2D eigenvalue weighted by atomic mass is 79.9. The molecule has 0 radical (unpaired) electrons. The maximum absolute atomic E-state index is 12.0. The summed E-state index contributed by atoms with van der Waals surface area (Å²) in [6.07, 6.45) is 3.65. The van der Waals surface area contributed by atoms with Crippen LogP contribution in [0.1, 0.15) is 42.1 Å². The van der Waals surface area contributed by atoms with E-state index in [-0.39, 0.29) is 5.91 Å². The van der Waals surface area contributed by atoms with Crippen molar-refractivity contribution in [2.75, 3.05) is 6.54 Å². The van der Waals surface area contributed by atoms with E-state index in [4.69, 9.17) is 0 Å². The SMILES string of the molecule is CCC1(CNC(=O)c2ccc(C)cc2Br)CC1. The summed E-state index contributed by atoms with van der Waals surface area (Å²) in [5.41, 5.74) is 2.27. The number of amides is 1. The Morgan fingerprint density at radius 1 is 1.47 bits per heavy atom. The van der Waals surface area contributed by atoms with Crippen LogP contribution in [0.2, 0.25) is 0 Å². The van der Waals surface area contributed by atoms with E-state index in [9.17, 15) is 4.79 Å². The molecule has 1 fully saturated rings. The molecule has 0 spiro atoms. The van der Waals surface area contributed by atoms with Gasteiger partial charge in [0.2, 0.25) is 0 Å². The van der Waals surface area contributed by atoms with Crippen LogP contribution < -0.4 is 5.32 Å². The lowest BCUT2D eigenvalue weighted by molar-refractivity contribution is 0.0943. The molecule has 1 N–H and O–H groups in total. The Kier molecular flexibility index (Phi) is 3.57. The van der Waals surface area contributed by atoms with E-state index in [0.717, 1.165) is 28.6 Å². The first-order valence-electron chi connectivity index (χ1n) is 6.11. The fourth-order valence-electron chi connectivity index (χ4n) is 2.00. The van der Waals surface area contributed by atoms with Crippen molar-refractivity contribution in [1.29, 1.82) is 0 Å². The van der Waals surface area contributed by atoms with E-state index >= 15 is 0 Å². The molecule has 1 aliphatic carbocycles. The standard InChI is InChI=1S/C14H18BrNO/c1-3-14(6-7-14)9-16-13(17)11-5-4-10(2)8-12(11)15/h4-5,8H,3,6-7,9H2,1-2H3,(H,16,17). The van der Waals surface area contributed by atoms with Gasteiger partial charge >= 0.3 is 0 Å². The van der Waals surface area contributed by atoms with Gasteiger partial charge in [-0.3, -0.25) is 4.79 Å². The molecule has 0 heterocycles. The van der Waals surface area contributed by atoms with Crippen molar-refractivity contribution in [3.05, 3.63) is 33.8 Å². The molecular formula is C14H18BrNO. The van der Waals surface area contributed by atoms with Gasteiger partial charge in [0.05, 0.1) is 5.56 Å². The van der Waals surface area contributed by atoms with Crippen LogP contribution in [0.4, 0.5) is 0 Å². The summed E-state index contributed by atoms with van der Waals surface area (Å²) in [5.74, 6) is 0.0246. The smallest absolute Gasteiger partial charge is 0.252 e. The molecule has 2 rings (SSSR count). The first-order valence-corrected chi connectivity index (χ1v) is 6.90. The molecule has 3 heteroatoms. The molecule has 0 aliphatic heterocycles. The minimum atomic E-state index is 0.0246. The second-order valence-electron chi connectivity index (χ2n) is 5.02. The molecule has 0 unspecified atom stereocenters. The predicted octanol–water partition coefficient (Wildman–Crippen LogP) is 3.68. The summed E-state index contributed by atoms with van der Waals surface area (Å²) in [6, 6.07) is 5.81. The van der Waals surface area contributed by atoms with Gasteiger partial charge in [0, 0.05) is 11.0 Å². The van der Waals surface area contributed by atoms with E-state index < -0.39 is 0 Å². The zero-order valence-corrected chi connectivity index (χ0v) is 11.9. The summed E-state index contributed by atoms with van der Waals surface area (Å²) in [7, 11) is 0. The number of benzene rings is 1. The minimum absolute atomic E-state index is 0.0246. The number of hydrogen-bond acceptors (Lipinski definition) is 1. The predicted molar refractivity (Wildman–Crippen MR) is 73.2 cm³/mol. The third-order valence-corrected chi connectivity index (χ3v) is 4.36. The maximum Gasteiger partial charge on any atom is 0.252 e. The van der Waals surface area contributed by atoms with Crippen LogP contribution in [-0.4, -0.2) is 12.5 Å². The van der Waals surface area contributed by atoms with Gasteiger partial charge in [-0.2, -0.15) is 0 Å². The van der Waals surface area contributed by atoms with Gasteiger partial charge in [0.25, 0.3) is 5.91 Å². The van der Waals surface area contributed by atoms with E-state index in [1.54, 1.807) is 0 Å². The Morgan fingerprint density at radius 3 is 2.71 bits per heavy atom. The second kappa shape index (κ2) is 4.81. The van der Waals surface area contributed by atoms with Gasteiger partial charge in [0.15, 0.2) is 0 Å². The number of carbonyl (C=O) groups is 1. The van der Waals surface area contributed by atoms with Gasteiger partial charge < -0.3 is 5.32 Å². The summed E-state index contributed by atoms with van der Waals surface area (Å²) in [5, 5.41) is 3.04. The van der Waals surface area contributed by atoms with Crippen molar-refractivity contribution in [3.8, 4) is 0 Å². The normalized spacial score (nSPS) is 16.6. The van der Waals surface area contributed by atoms with Crippen LogP contribution in [0.25, 0.3) is 0 Å². The number of rotatable bonds is 4. The lowest BCUT2D eigenvalue weighted by atomic mass is 10.0. The fraction of sp³-hybridized carbons (Fsp3) is 0.500. The quantitative estimate of drug-likeness (QED) is 0.902. The van der Waals surface area contributed by atoms with Crippen molar-refractivity contribution in [3.63, 3.8) is 0 Å². The van der Waals surface area contributed by atoms with Gasteiger partial charge in [-0.05, 0) is 65.2 Å². The zero-order valence-electron chi connectivity index (χ0n) is 10.3. The zero-order chi connectivity index (χ0) is 12.5. The van der Waals surface area contributed by atoms with E-state index in [2.05, 4.69) is 28.2 Å². The van der Waals surface area contributed by atoms with Crippen molar-refractivity contribution in [1.82, 2.24) is 5.32 Å². The summed E-state index contributed by atoms with van der Waals surface area (Å²) in [4.78, 5) is 12.0. The van der Waals surface area contributed by atoms with E-state index in [1.165, 1.54) is 12.8 Å². The molecular weight excluding hydrogens is 278 g/mol. The highest BCUT2D eigenvalue weighted by Gasteiger charge is 2.40. The summed E-state index contributed by atoms with van der Waals surface area (Å²) in [6.45, 7) is 5.02. The fourth-order valence-corrected chi connectivity index (χ4v) is 2.67. The second-order valence-corrected chi connectivity index (χ2v) is 5.87. The van der Waals surface area contributed by atoms with Crippen LogP contribution in [0.5, 0.6) is 0 Å². The third kappa shape index (κ3) is 2.89. The number of hydrogen-bond donors (Lipinski definition) is 1. The number of nitrogens with one attached hydrogen (secondary N) is 1. The van der Waals surface area contributed by atoms with Crippen LogP contribution in [0.15, 0.2) is 22.7 Å². The van der Waals surface area contributed by atoms with Crippen LogP contribution in [0.3, 0.4) is 0 Å². The van der Waals surface area contributed by atoms with Gasteiger partial charge in [0.1, 0.15) is 0 Å². The van der Waals surface area contributed by atoms with Crippen LogP contribution >= 0.6 is 15.9 Å². The first-order chi connectivity index (χ1) is 8.06. The molecule has 1 aromatic carbocycles. The van der Waals surface area contributed by atoms with Crippen LogP contribution in [-0.2, 0) is 0 Å². The maximum atomic E-state index is 12.0. The Labute approximate surface area is 111 Å². The van der Waals surface area contributed by atoms with Crippen molar-refractivity contribution in [2.45, 2.75) is 33.1 Å². The van der Waals surface area contributed by atoms with Crippen molar-refractivity contribution in [2.24, 2.45) is 5.41 Å². The molecule has 1 aliphatic rings.